The number of dihydropyridines is 1. The lowest BCUT2D eigenvalue weighted by molar-refractivity contribution is -0.147. The van der Waals surface area contributed by atoms with Gasteiger partial charge in [0.05, 0.1) is 0 Å². The lowest BCUT2D eigenvalue weighted by atomic mass is 9.76. The number of hydrogen-bond donors (Lipinski definition) is 2. The molecule has 0 saturated carbocycles. The third-order valence-electron chi connectivity index (χ3n) is 2.96. The van der Waals surface area contributed by atoms with Crippen molar-refractivity contribution in [2.24, 2.45) is 0 Å². The highest BCUT2D eigenvalue weighted by Gasteiger charge is 2.55. The van der Waals surface area contributed by atoms with Gasteiger partial charge in [0.2, 0.25) is 0 Å². The van der Waals surface area contributed by atoms with E-state index in [9.17, 15) is 18.7 Å². The Hall–Kier alpha value is -1.91. The van der Waals surface area contributed by atoms with Crippen molar-refractivity contribution in [2.75, 3.05) is 0 Å². The molecule has 0 spiro atoms. The van der Waals surface area contributed by atoms with Crippen molar-refractivity contribution < 1.29 is 18.7 Å². The van der Waals surface area contributed by atoms with Crippen molar-refractivity contribution in [3.8, 4) is 0 Å². The minimum Gasteiger partial charge on any atom is -0.479 e. The molecule has 0 radical (unpaired) electrons. The second-order valence-corrected chi connectivity index (χ2v) is 3.96. The van der Waals surface area contributed by atoms with Gasteiger partial charge in [-0.05, 0) is 36.6 Å². The van der Waals surface area contributed by atoms with Crippen LogP contribution in [0.25, 0.3) is 0 Å². The minimum absolute atomic E-state index is 0.327. The summed E-state index contributed by atoms with van der Waals surface area (Å²) < 4.78 is 27.5. The monoisotopic (exact) mass is 239 g/mol. The molecule has 0 saturated heterocycles. The molecule has 1 aliphatic carbocycles. The molecule has 5 heteroatoms. The summed E-state index contributed by atoms with van der Waals surface area (Å²) in [7, 11) is 0. The van der Waals surface area contributed by atoms with Gasteiger partial charge in [-0.15, -0.1) is 0 Å². The number of rotatable bonds is 2. The predicted molar refractivity (Wildman–Crippen MR) is 58.6 cm³/mol. The average molecular weight is 239 g/mol. The van der Waals surface area contributed by atoms with Gasteiger partial charge >= 0.3 is 5.97 Å². The molecule has 0 fully saturated rings. The average Bonchev–Trinajstić information content (AvgIpc) is 2.34. The first-order valence-corrected chi connectivity index (χ1v) is 5.09. The van der Waals surface area contributed by atoms with Crippen molar-refractivity contribution in [3.05, 3.63) is 48.5 Å². The number of halogens is 2. The topological polar surface area (TPSA) is 49.3 Å². The number of hydrogen-bond acceptors (Lipinski definition) is 2. The van der Waals surface area contributed by atoms with Crippen LogP contribution in [0.15, 0.2) is 48.5 Å². The molecule has 0 aromatic heterocycles. The zero-order valence-electron chi connectivity index (χ0n) is 8.86. The smallest absolute Gasteiger partial charge is 0.337 e. The summed E-state index contributed by atoms with van der Waals surface area (Å²) in [6.07, 6.45) is 8.22. The summed E-state index contributed by atoms with van der Waals surface area (Å²) >= 11 is 0. The van der Waals surface area contributed by atoms with Crippen molar-refractivity contribution in [2.45, 2.75) is 17.6 Å². The zero-order chi connectivity index (χ0) is 12.5. The van der Waals surface area contributed by atoms with Crippen LogP contribution < -0.4 is 5.32 Å². The second kappa shape index (κ2) is 3.84. The van der Waals surface area contributed by atoms with Gasteiger partial charge in [0.15, 0.2) is 11.2 Å². The Kier molecular flexibility index (Phi) is 2.61. The number of carboxylic acids is 1. The van der Waals surface area contributed by atoms with E-state index in [0.29, 0.717) is 0 Å². The van der Waals surface area contributed by atoms with Crippen molar-refractivity contribution in [1.82, 2.24) is 5.32 Å². The third-order valence-corrected chi connectivity index (χ3v) is 2.96. The Labute approximate surface area is 96.8 Å². The van der Waals surface area contributed by atoms with E-state index in [4.69, 9.17) is 0 Å². The molecular weight excluding hydrogens is 228 g/mol. The number of allylic oxidation sites excluding steroid dienone is 5. The molecule has 0 aromatic rings. The van der Waals surface area contributed by atoms with Crippen molar-refractivity contribution in [1.29, 1.82) is 0 Å². The highest BCUT2D eigenvalue weighted by Crippen LogP contribution is 2.38. The fourth-order valence-corrected chi connectivity index (χ4v) is 1.94. The number of aliphatic carboxylic acids is 1. The molecule has 2 N–H and O–H groups in total. The number of nitrogens with one attached hydrogen (secondary N) is 1. The fourth-order valence-electron chi connectivity index (χ4n) is 1.94. The summed E-state index contributed by atoms with van der Waals surface area (Å²) in [6, 6.07) is 0. The summed E-state index contributed by atoms with van der Waals surface area (Å²) in [4.78, 5) is 11.3. The Morgan fingerprint density at radius 1 is 1.41 bits per heavy atom. The highest BCUT2D eigenvalue weighted by molar-refractivity contribution is 5.85. The first kappa shape index (κ1) is 11.6. The van der Waals surface area contributed by atoms with Crippen LogP contribution in [-0.2, 0) is 4.79 Å². The van der Waals surface area contributed by atoms with Crippen molar-refractivity contribution >= 4 is 5.97 Å². The van der Waals surface area contributed by atoms with Gasteiger partial charge < -0.3 is 10.4 Å². The van der Waals surface area contributed by atoms with Gasteiger partial charge in [0.25, 0.3) is 0 Å². The molecule has 2 unspecified atom stereocenters. The molecule has 17 heavy (non-hydrogen) atoms. The first-order valence-electron chi connectivity index (χ1n) is 5.09. The zero-order valence-corrected chi connectivity index (χ0v) is 8.86. The van der Waals surface area contributed by atoms with Gasteiger partial charge in [0, 0.05) is 6.42 Å². The number of carboxylic acid groups (broad SMARTS) is 1. The molecule has 1 aliphatic heterocycles. The van der Waals surface area contributed by atoms with E-state index in [0.717, 1.165) is 18.2 Å². The van der Waals surface area contributed by atoms with E-state index in [1.165, 1.54) is 18.4 Å². The fraction of sp³-hybridized carbons (Fsp3) is 0.250. The molecule has 0 amide bonds. The van der Waals surface area contributed by atoms with Crippen LogP contribution in [0.2, 0.25) is 0 Å². The lowest BCUT2D eigenvalue weighted by Crippen LogP contribution is -2.63. The third kappa shape index (κ3) is 1.67. The first-order chi connectivity index (χ1) is 8.00. The molecule has 3 nitrogen and oxygen atoms in total. The molecule has 2 rings (SSSR count). The summed E-state index contributed by atoms with van der Waals surface area (Å²) in [6.45, 7) is 0. The molecule has 1 heterocycles. The maximum Gasteiger partial charge on any atom is 0.337 e. The van der Waals surface area contributed by atoms with Gasteiger partial charge in [0.1, 0.15) is 5.83 Å². The van der Waals surface area contributed by atoms with Crippen LogP contribution in [0.3, 0.4) is 0 Å². The lowest BCUT2D eigenvalue weighted by Gasteiger charge is -2.40. The van der Waals surface area contributed by atoms with E-state index >= 15 is 0 Å². The molecule has 90 valence electrons. The summed E-state index contributed by atoms with van der Waals surface area (Å²) in [5.41, 5.74) is -4.09. The van der Waals surface area contributed by atoms with Crippen LogP contribution in [0.4, 0.5) is 8.78 Å². The summed E-state index contributed by atoms with van der Waals surface area (Å²) in [5, 5.41) is 11.7. The normalized spacial score (nSPS) is 35.3. The van der Waals surface area contributed by atoms with E-state index < -0.39 is 23.0 Å². The van der Waals surface area contributed by atoms with E-state index in [1.807, 2.05) is 0 Å². The summed E-state index contributed by atoms with van der Waals surface area (Å²) in [5.74, 6) is -1.91. The van der Waals surface area contributed by atoms with E-state index in [2.05, 4.69) is 5.32 Å². The molecular formula is C12H11F2NO2. The van der Waals surface area contributed by atoms with Crippen LogP contribution in [0, 0.1) is 0 Å². The number of alkyl halides is 1. The van der Waals surface area contributed by atoms with Gasteiger partial charge in [-0.3, -0.25) is 0 Å². The Morgan fingerprint density at radius 2 is 2.18 bits per heavy atom. The Bertz CT molecular complexity index is 467. The highest BCUT2D eigenvalue weighted by atomic mass is 19.1. The van der Waals surface area contributed by atoms with Crippen LogP contribution >= 0.6 is 0 Å². The van der Waals surface area contributed by atoms with E-state index in [1.54, 1.807) is 6.08 Å². The largest absolute Gasteiger partial charge is 0.479 e. The van der Waals surface area contributed by atoms with Crippen LogP contribution in [0.5, 0.6) is 0 Å². The maximum atomic E-state index is 14.7. The van der Waals surface area contributed by atoms with Crippen molar-refractivity contribution in [3.63, 3.8) is 0 Å². The minimum atomic E-state index is -2.20. The molecule has 2 atom stereocenters. The molecule has 0 aromatic carbocycles. The van der Waals surface area contributed by atoms with Gasteiger partial charge in [-0.25, -0.2) is 13.6 Å². The molecule has 0 bridgehead atoms. The van der Waals surface area contributed by atoms with Crippen LogP contribution in [-0.4, -0.2) is 22.3 Å². The Morgan fingerprint density at radius 3 is 2.65 bits per heavy atom. The second-order valence-electron chi connectivity index (χ2n) is 3.96. The van der Waals surface area contributed by atoms with Gasteiger partial charge in [-0.2, -0.15) is 0 Å². The van der Waals surface area contributed by atoms with Gasteiger partial charge in [-0.1, -0.05) is 6.08 Å². The SMILES string of the molecule is O=C(O)C1(C2(F)C=CC(F)=CC2)C=CC=CN1. The predicted octanol–water partition coefficient (Wildman–Crippen LogP) is 2.00. The van der Waals surface area contributed by atoms with E-state index in [-0.39, 0.29) is 6.42 Å². The molecule has 2 aliphatic rings. The quantitative estimate of drug-likeness (QED) is 0.775. The maximum absolute atomic E-state index is 14.7. The Balaban J connectivity index is 2.42. The van der Waals surface area contributed by atoms with Crippen LogP contribution in [0.1, 0.15) is 6.42 Å². The number of carbonyl (C=O) groups is 1. The standard InChI is InChI=1S/C12H11F2NO2/c13-9-3-6-11(14,7-4-9)12(10(16)17)5-1-2-8-15-12/h1-6,8,15H,7H2,(H,16,17).